The number of H-pyrrole nitrogens is 1. The van der Waals surface area contributed by atoms with Gasteiger partial charge in [0.05, 0.1) is 6.61 Å². The molecule has 0 aromatic carbocycles. The molecule has 1 aliphatic heterocycles. The highest BCUT2D eigenvalue weighted by Gasteiger charge is 2.59. The van der Waals surface area contributed by atoms with Crippen LogP contribution < -0.4 is 11.2 Å². The summed E-state index contributed by atoms with van der Waals surface area (Å²) in [5.41, 5.74) is -4.49. The highest BCUT2D eigenvalue weighted by molar-refractivity contribution is 7.46. The normalized spacial score (nSPS) is 31.4. The summed E-state index contributed by atoms with van der Waals surface area (Å²) >= 11 is 0. The second kappa shape index (κ2) is 6.24. The summed E-state index contributed by atoms with van der Waals surface area (Å²) in [5.74, 6) is 0. The third-order valence-electron chi connectivity index (χ3n) is 3.31. The first-order valence-electron chi connectivity index (χ1n) is 6.22. The largest absolute Gasteiger partial charge is 0.470 e. The predicted octanol–water partition coefficient (Wildman–Crippen LogP) is -2.40. The van der Waals surface area contributed by atoms with Gasteiger partial charge in [0, 0.05) is 12.3 Å². The van der Waals surface area contributed by atoms with Crippen LogP contribution in [0.2, 0.25) is 0 Å². The number of aromatic amines is 1. The minimum Gasteiger partial charge on any atom is -0.394 e. The first kappa shape index (κ1) is 17.9. The van der Waals surface area contributed by atoms with Crippen molar-refractivity contribution >= 4 is 7.82 Å². The second-order valence-corrected chi connectivity index (χ2v) is 6.06. The standard InChI is InChI=1S/C10H14FN2O9P/c11-4-10(17)7(22-23(18,19)20)5(3-14)21-8(10)13-2-1-6(15)12-9(13)16/h1-2,5,7-8,14,17H,3-4H2,(H,12,15,16)(H2,18,19,20)/t5-,7-,8-,10-/m1/s1. The number of halogens is 1. The number of nitrogens with zero attached hydrogens (tertiary/aromatic N) is 1. The van der Waals surface area contributed by atoms with Gasteiger partial charge in [-0.05, 0) is 0 Å². The second-order valence-electron chi connectivity index (χ2n) is 4.87. The first-order valence-corrected chi connectivity index (χ1v) is 7.75. The summed E-state index contributed by atoms with van der Waals surface area (Å²) in [4.78, 5) is 42.4. The monoisotopic (exact) mass is 356 g/mol. The lowest BCUT2D eigenvalue weighted by Gasteiger charge is -2.31. The fraction of sp³-hybridized carbons (Fsp3) is 0.600. The van der Waals surface area contributed by atoms with Crippen LogP contribution >= 0.6 is 7.82 Å². The molecule has 13 heteroatoms. The molecule has 0 spiro atoms. The van der Waals surface area contributed by atoms with E-state index in [4.69, 9.17) is 14.5 Å². The third kappa shape index (κ3) is 3.43. The molecule has 0 bridgehead atoms. The van der Waals surface area contributed by atoms with E-state index < -0.39 is 56.4 Å². The minimum absolute atomic E-state index is 0.618. The first-order chi connectivity index (χ1) is 10.6. The lowest BCUT2D eigenvalue weighted by Crippen LogP contribution is -2.51. The molecule has 1 aromatic heterocycles. The summed E-state index contributed by atoms with van der Waals surface area (Å²) in [6.07, 6.45) is -4.36. The molecular formula is C10H14FN2O9P. The molecule has 2 rings (SSSR count). The molecule has 1 aliphatic rings. The molecule has 0 aliphatic carbocycles. The van der Waals surface area contributed by atoms with E-state index in [1.165, 1.54) is 0 Å². The van der Waals surface area contributed by atoms with Crippen LogP contribution in [0, 0.1) is 0 Å². The number of phosphoric ester groups is 1. The van der Waals surface area contributed by atoms with Crippen molar-refractivity contribution in [3.63, 3.8) is 0 Å². The number of aliphatic hydroxyl groups is 2. The van der Waals surface area contributed by atoms with Gasteiger partial charge in [0.1, 0.15) is 18.9 Å². The number of hydrogen-bond donors (Lipinski definition) is 5. The average Bonchev–Trinajstić information content (AvgIpc) is 2.71. The Kier molecular flexibility index (Phi) is 4.87. The van der Waals surface area contributed by atoms with Crippen LogP contribution in [0.5, 0.6) is 0 Å². The Bertz CT molecular complexity index is 730. The summed E-state index contributed by atoms with van der Waals surface area (Å²) in [5, 5.41) is 19.6. The van der Waals surface area contributed by atoms with E-state index in [-0.39, 0.29) is 0 Å². The van der Waals surface area contributed by atoms with Crippen molar-refractivity contribution in [3.8, 4) is 0 Å². The van der Waals surface area contributed by atoms with E-state index in [0.29, 0.717) is 4.57 Å². The van der Waals surface area contributed by atoms with Crippen LogP contribution in [-0.4, -0.2) is 60.6 Å². The number of ether oxygens (including phenoxy) is 1. The fourth-order valence-electron chi connectivity index (χ4n) is 2.32. The summed E-state index contributed by atoms with van der Waals surface area (Å²) in [6, 6.07) is 0.897. The highest BCUT2D eigenvalue weighted by atomic mass is 31.2. The smallest absolute Gasteiger partial charge is 0.394 e. The Morgan fingerprint density at radius 3 is 2.61 bits per heavy atom. The zero-order valence-corrected chi connectivity index (χ0v) is 12.3. The van der Waals surface area contributed by atoms with Crippen LogP contribution in [0.25, 0.3) is 0 Å². The fourth-order valence-corrected chi connectivity index (χ4v) is 2.94. The van der Waals surface area contributed by atoms with E-state index in [0.717, 1.165) is 12.3 Å². The van der Waals surface area contributed by atoms with Crippen LogP contribution in [0.4, 0.5) is 4.39 Å². The maximum Gasteiger partial charge on any atom is 0.470 e. The zero-order chi connectivity index (χ0) is 17.4. The highest BCUT2D eigenvalue weighted by Crippen LogP contribution is 2.48. The van der Waals surface area contributed by atoms with E-state index in [1.807, 2.05) is 4.98 Å². The molecule has 23 heavy (non-hydrogen) atoms. The Balaban J connectivity index is 2.50. The maximum atomic E-state index is 13.4. The molecule has 1 fully saturated rings. The van der Waals surface area contributed by atoms with Crippen LogP contribution in [0.15, 0.2) is 21.9 Å². The molecule has 0 saturated carbocycles. The SMILES string of the molecule is O=c1ccn([C@@H]2O[C@H](CO)[C@@H](OP(=O)(O)O)[C@]2(O)CF)c(=O)[nH]1. The van der Waals surface area contributed by atoms with Gasteiger partial charge in [0.2, 0.25) is 0 Å². The van der Waals surface area contributed by atoms with Crippen molar-refractivity contribution < 1.29 is 38.2 Å². The van der Waals surface area contributed by atoms with Gasteiger partial charge in [-0.15, -0.1) is 0 Å². The van der Waals surface area contributed by atoms with Gasteiger partial charge >= 0.3 is 13.5 Å². The van der Waals surface area contributed by atoms with Crippen molar-refractivity contribution in [2.45, 2.75) is 24.0 Å². The lowest BCUT2D eigenvalue weighted by atomic mass is 9.95. The molecule has 5 N–H and O–H groups in total. The molecule has 0 unspecified atom stereocenters. The number of aromatic nitrogens is 2. The number of nitrogens with one attached hydrogen (secondary N) is 1. The van der Waals surface area contributed by atoms with Gasteiger partial charge < -0.3 is 24.7 Å². The Morgan fingerprint density at radius 1 is 1.48 bits per heavy atom. The van der Waals surface area contributed by atoms with Gasteiger partial charge in [-0.3, -0.25) is 18.9 Å². The number of aliphatic hydroxyl groups excluding tert-OH is 1. The van der Waals surface area contributed by atoms with Gasteiger partial charge in [-0.25, -0.2) is 13.8 Å². The molecule has 0 radical (unpaired) electrons. The van der Waals surface area contributed by atoms with Crippen LogP contribution in [0.3, 0.4) is 0 Å². The van der Waals surface area contributed by atoms with E-state index in [9.17, 15) is 28.8 Å². The topological polar surface area (TPSA) is 171 Å². The molecule has 1 saturated heterocycles. The van der Waals surface area contributed by atoms with Crippen LogP contribution in [-0.2, 0) is 13.8 Å². The van der Waals surface area contributed by atoms with Crippen molar-refractivity contribution in [1.29, 1.82) is 0 Å². The summed E-state index contributed by atoms with van der Waals surface area (Å²) < 4.78 is 34.5. The average molecular weight is 356 g/mol. The minimum atomic E-state index is -5.16. The molecular weight excluding hydrogens is 342 g/mol. The summed E-state index contributed by atoms with van der Waals surface area (Å²) in [7, 11) is -5.16. The van der Waals surface area contributed by atoms with Crippen molar-refractivity contribution in [1.82, 2.24) is 9.55 Å². The van der Waals surface area contributed by atoms with Gasteiger partial charge in [-0.2, -0.15) is 0 Å². The number of alkyl halides is 1. The third-order valence-corrected chi connectivity index (χ3v) is 3.81. The van der Waals surface area contributed by atoms with E-state index in [1.54, 1.807) is 0 Å². The maximum absolute atomic E-state index is 13.4. The summed E-state index contributed by atoms with van der Waals surface area (Å²) in [6.45, 7) is -2.48. The molecule has 1 aromatic rings. The van der Waals surface area contributed by atoms with Gasteiger partial charge in [-0.1, -0.05) is 0 Å². The van der Waals surface area contributed by atoms with Gasteiger partial charge in [0.15, 0.2) is 11.8 Å². The number of hydrogen-bond acceptors (Lipinski definition) is 7. The lowest BCUT2D eigenvalue weighted by molar-refractivity contribution is -0.120. The Morgan fingerprint density at radius 2 is 2.13 bits per heavy atom. The molecule has 4 atom stereocenters. The van der Waals surface area contributed by atoms with Crippen molar-refractivity contribution in [3.05, 3.63) is 33.1 Å². The van der Waals surface area contributed by atoms with Crippen molar-refractivity contribution in [2.24, 2.45) is 0 Å². The quantitative estimate of drug-likeness (QED) is 0.361. The van der Waals surface area contributed by atoms with E-state index in [2.05, 4.69) is 4.52 Å². The molecule has 11 nitrogen and oxygen atoms in total. The number of phosphoric acid groups is 1. The predicted molar refractivity (Wildman–Crippen MR) is 70.2 cm³/mol. The zero-order valence-electron chi connectivity index (χ0n) is 11.4. The molecule has 0 amide bonds. The molecule has 130 valence electrons. The number of rotatable bonds is 5. The molecule has 2 heterocycles. The van der Waals surface area contributed by atoms with Crippen molar-refractivity contribution in [2.75, 3.05) is 13.3 Å². The van der Waals surface area contributed by atoms with Gasteiger partial charge in [0.25, 0.3) is 5.56 Å². The Hall–Kier alpha value is -1.40. The van der Waals surface area contributed by atoms with E-state index >= 15 is 0 Å². The Labute approximate surface area is 127 Å². The van der Waals surface area contributed by atoms with Crippen LogP contribution in [0.1, 0.15) is 6.23 Å².